The second-order valence-corrected chi connectivity index (χ2v) is 8.83. The van der Waals surface area contributed by atoms with E-state index < -0.39 is 0 Å². The van der Waals surface area contributed by atoms with E-state index in [1.807, 2.05) is 79.4 Å². The van der Waals surface area contributed by atoms with Gasteiger partial charge in [-0.15, -0.1) is 0 Å². The Kier molecular flexibility index (Phi) is 5.76. The fraction of sp³-hybridized carbons (Fsp3) is 0.172. The summed E-state index contributed by atoms with van der Waals surface area (Å²) < 4.78 is 2.18. The summed E-state index contributed by atoms with van der Waals surface area (Å²) in [6.07, 6.45) is 2.37. The Hall–Kier alpha value is -4.12. The number of benzene rings is 3. The predicted molar refractivity (Wildman–Crippen MR) is 135 cm³/mol. The number of hydrogen-bond donors (Lipinski definition) is 1. The minimum absolute atomic E-state index is 0.0528. The molecule has 170 valence electrons. The van der Waals surface area contributed by atoms with Crippen LogP contribution in [0.5, 0.6) is 0 Å². The number of fused-ring (bicyclic) bond motifs is 2. The SMILES string of the molecule is Cc1ccccc1CC(=O)Nc1ccc(C(=O)N2Cc3cccn3Cc3ccccc32)cc1C. The van der Waals surface area contributed by atoms with Crippen LogP contribution in [-0.2, 0) is 24.3 Å². The molecule has 0 unspecified atom stereocenters. The first kappa shape index (κ1) is 21.7. The van der Waals surface area contributed by atoms with Crippen LogP contribution in [0.15, 0.2) is 85.1 Å². The maximum Gasteiger partial charge on any atom is 0.258 e. The average Bonchev–Trinajstić information content (AvgIpc) is 3.20. The van der Waals surface area contributed by atoms with Crippen LogP contribution in [0.3, 0.4) is 0 Å². The van der Waals surface area contributed by atoms with E-state index in [4.69, 9.17) is 0 Å². The summed E-state index contributed by atoms with van der Waals surface area (Å²) in [6.45, 7) is 5.18. The van der Waals surface area contributed by atoms with Crippen LogP contribution < -0.4 is 10.2 Å². The highest BCUT2D eigenvalue weighted by atomic mass is 16.2. The van der Waals surface area contributed by atoms with Crippen LogP contribution in [0.25, 0.3) is 0 Å². The number of aromatic nitrogens is 1. The summed E-state index contributed by atoms with van der Waals surface area (Å²) in [5.74, 6) is -0.123. The minimum atomic E-state index is -0.0707. The molecular weight excluding hydrogens is 422 g/mol. The molecule has 0 saturated carbocycles. The summed E-state index contributed by atoms with van der Waals surface area (Å²) in [4.78, 5) is 28.1. The van der Waals surface area contributed by atoms with Gasteiger partial charge in [-0.05, 0) is 72.5 Å². The van der Waals surface area contributed by atoms with E-state index in [2.05, 4.69) is 28.2 Å². The molecule has 5 heteroatoms. The molecule has 0 fully saturated rings. The molecule has 34 heavy (non-hydrogen) atoms. The number of anilines is 2. The van der Waals surface area contributed by atoms with E-state index in [1.165, 1.54) is 0 Å². The summed E-state index contributed by atoms with van der Waals surface area (Å²) in [7, 11) is 0. The zero-order chi connectivity index (χ0) is 23.7. The van der Waals surface area contributed by atoms with Crippen LogP contribution in [0, 0.1) is 13.8 Å². The molecule has 0 spiro atoms. The molecule has 3 aromatic carbocycles. The van der Waals surface area contributed by atoms with Crippen molar-refractivity contribution in [1.29, 1.82) is 0 Å². The Morgan fingerprint density at radius 3 is 2.47 bits per heavy atom. The van der Waals surface area contributed by atoms with Gasteiger partial charge in [0.05, 0.1) is 13.0 Å². The highest BCUT2D eigenvalue weighted by Crippen LogP contribution is 2.30. The van der Waals surface area contributed by atoms with Gasteiger partial charge in [-0.25, -0.2) is 0 Å². The lowest BCUT2D eigenvalue weighted by Gasteiger charge is -2.23. The molecule has 0 aliphatic carbocycles. The number of para-hydroxylation sites is 1. The number of nitrogens with one attached hydrogen (secondary N) is 1. The van der Waals surface area contributed by atoms with Crippen molar-refractivity contribution in [3.05, 3.63) is 119 Å². The molecule has 5 nitrogen and oxygen atoms in total. The molecule has 0 atom stereocenters. The average molecular weight is 450 g/mol. The van der Waals surface area contributed by atoms with Crippen LogP contribution in [0.1, 0.15) is 38.3 Å². The van der Waals surface area contributed by atoms with Crippen molar-refractivity contribution >= 4 is 23.2 Å². The van der Waals surface area contributed by atoms with Gasteiger partial charge in [0.15, 0.2) is 0 Å². The molecule has 1 aromatic heterocycles. The molecule has 0 bridgehead atoms. The number of amides is 2. The first-order valence-electron chi connectivity index (χ1n) is 11.5. The van der Waals surface area contributed by atoms with Gasteiger partial charge in [0.2, 0.25) is 5.91 Å². The molecule has 4 aromatic rings. The van der Waals surface area contributed by atoms with E-state index in [-0.39, 0.29) is 11.8 Å². The smallest absolute Gasteiger partial charge is 0.258 e. The predicted octanol–water partition coefficient (Wildman–Crippen LogP) is 5.49. The molecular formula is C29H27N3O2. The molecule has 2 amide bonds. The van der Waals surface area contributed by atoms with Crippen LogP contribution >= 0.6 is 0 Å². The largest absolute Gasteiger partial charge is 0.345 e. The van der Waals surface area contributed by atoms with Crippen molar-refractivity contribution in [3.63, 3.8) is 0 Å². The quantitative estimate of drug-likeness (QED) is 0.448. The van der Waals surface area contributed by atoms with Crippen molar-refractivity contribution in [3.8, 4) is 0 Å². The highest BCUT2D eigenvalue weighted by molar-refractivity contribution is 6.07. The maximum absolute atomic E-state index is 13.6. The van der Waals surface area contributed by atoms with Gasteiger partial charge >= 0.3 is 0 Å². The fourth-order valence-electron chi connectivity index (χ4n) is 4.54. The first-order valence-corrected chi connectivity index (χ1v) is 11.5. The summed E-state index contributed by atoms with van der Waals surface area (Å²) in [6, 6.07) is 25.5. The van der Waals surface area contributed by atoms with E-state index in [1.54, 1.807) is 6.07 Å². The van der Waals surface area contributed by atoms with Crippen molar-refractivity contribution in [2.24, 2.45) is 0 Å². The van der Waals surface area contributed by atoms with Crippen LogP contribution in [-0.4, -0.2) is 16.4 Å². The Labute approximate surface area is 199 Å². The van der Waals surface area contributed by atoms with E-state index in [0.29, 0.717) is 18.5 Å². The lowest BCUT2D eigenvalue weighted by Crippen LogP contribution is -2.30. The summed E-state index contributed by atoms with van der Waals surface area (Å²) in [5, 5.41) is 3.00. The van der Waals surface area contributed by atoms with Gasteiger partial charge in [0.25, 0.3) is 5.91 Å². The molecule has 1 aliphatic rings. The number of nitrogens with zero attached hydrogens (tertiary/aromatic N) is 2. The topological polar surface area (TPSA) is 54.3 Å². The second kappa shape index (κ2) is 9.02. The Morgan fingerprint density at radius 1 is 0.853 bits per heavy atom. The lowest BCUT2D eigenvalue weighted by molar-refractivity contribution is -0.115. The van der Waals surface area contributed by atoms with Gasteiger partial charge in [-0.1, -0.05) is 42.5 Å². The van der Waals surface area contributed by atoms with Gasteiger partial charge in [-0.3, -0.25) is 9.59 Å². The van der Waals surface area contributed by atoms with Crippen LogP contribution in [0.2, 0.25) is 0 Å². The minimum Gasteiger partial charge on any atom is -0.345 e. The summed E-state index contributed by atoms with van der Waals surface area (Å²) in [5.41, 5.74) is 7.43. The number of rotatable bonds is 4. The van der Waals surface area contributed by atoms with Crippen LogP contribution in [0.4, 0.5) is 11.4 Å². The second-order valence-electron chi connectivity index (χ2n) is 8.83. The third-order valence-corrected chi connectivity index (χ3v) is 6.47. The fourth-order valence-corrected chi connectivity index (χ4v) is 4.54. The normalized spacial score (nSPS) is 12.5. The Morgan fingerprint density at radius 2 is 1.65 bits per heavy atom. The monoisotopic (exact) mass is 449 g/mol. The van der Waals surface area contributed by atoms with E-state index >= 15 is 0 Å². The van der Waals surface area contributed by atoms with Gasteiger partial charge < -0.3 is 14.8 Å². The van der Waals surface area contributed by atoms with Crippen molar-refractivity contribution in [2.75, 3.05) is 10.2 Å². The van der Waals surface area contributed by atoms with Gasteiger partial charge in [0, 0.05) is 35.4 Å². The molecule has 5 rings (SSSR count). The molecule has 1 N–H and O–H groups in total. The zero-order valence-electron chi connectivity index (χ0n) is 19.4. The van der Waals surface area contributed by atoms with Gasteiger partial charge in [-0.2, -0.15) is 0 Å². The van der Waals surface area contributed by atoms with E-state index in [9.17, 15) is 9.59 Å². The zero-order valence-corrected chi connectivity index (χ0v) is 19.4. The molecule has 0 saturated heterocycles. The first-order chi connectivity index (χ1) is 16.5. The molecule has 1 aliphatic heterocycles. The highest BCUT2D eigenvalue weighted by Gasteiger charge is 2.25. The van der Waals surface area contributed by atoms with Crippen molar-refractivity contribution in [1.82, 2.24) is 4.57 Å². The number of carbonyl (C=O) groups excluding carboxylic acids is 2. The van der Waals surface area contributed by atoms with Crippen molar-refractivity contribution in [2.45, 2.75) is 33.4 Å². The number of aryl methyl sites for hydroxylation is 2. The third-order valence-electron chi connectivity index (χ3n) is 6.47. The van der Waals surface area contributed by atoms with Gasteiger partial charge in [0.1, 0.15) is 0 Å². The van der Waals surface area contributed by atoms with Crippen molar-refractivity contribution < 1.29 is 9.59 Å². The standard InChI is InChI=1S/C29H27N3O2/c1-20-8-3-4-9-22(20)17-28(33)30-26-14-13-23(16-21(26)2)29(34)32-19-25-11-7-15-31(25)18-24-10-5-6-12-27(24)32/h3-16H,17-19H2,1-2H3,(H,30,33). The molecule has 0 radical (unpaired) electrons. The Bertz CT molecular complexity index is 1390. The number of hydrogen-bond acceptors (Lipinski definition) is 2. The maximum atomic E-state index is 13.6. The lowest BCUT2D eigenvalue weighted by atomic mass is 10.0. The van der Waals surface area contributed by atoms with E-state index in [0.717, 1.165) is 45.9 Å². The number of carbonyl (C=O) groups is 2. The molecule has 2 heterocycles. The Balaban J connectivity index is 1.37. The third kappa shape index (κ3) is 4.25. The summed E-state index contributed by atoms with van der Waals surface area (Å²) >= 11 is 0.